The fraction of sp³-hybridized carbons (Fsp3) is 0.480. The van der Waals surface area contributed by atoms with Gasteiger partial charge in [-0.2, -0.15) is 0 Å². The van der Waals surface area contributed by atoms with Crippen LogP contribution in [-0.2, 0) is 11.2 Å². The van der Waals surface area contributed by atoms with E-state index in [0.717, 1.165) is 31.8 Å². The molecule has 5 heteroatoms. The van der Waals surface area contributed by atoms with Gasteiger partial charge in [0, 0.05) is 25.8 Å². The Balaban J connectivity index is 1.43. The topological polar surface area (TPSA) is 44.8 Å². The Labute approximate surface area is 180 Å². The van der Waals surface area contributed by atoms with Crippen molar-refractivity contribution in [1.82, 2.24) is 10.2 Å². The van der Waals surface area contributed by atoms with Crippen LogP contribution in [0.1, 0.15) is 42.9 Å². The molecule has 0 spiro atoms. The zero-order valence-electron chi connectivity index (χ0n) is 18.0. The minimum absolute atomic E-state index is 0.0473. The van der Waals surface area contributed by atoms with Gasteiger partial charge in [0.2, 0.25) is 0 Å². The molecule has 0 unspecified atom stereocenters. The number of fused-ring (bicyclic) bond motifs is 1. The highest BCUT2D eigenvalue weighted by Gasteiger charge is 2.24. The second-order valence-electron chi connectivity index (χ2n) is 8.43. The van der Waals surface area contributed by atoms with Crippen LogP contribution >= 0.6 is 0 Å². The lowest BCUT2D eigenvalue weighted by molar-refractivity contribution is -0.123. The average Bonchev–Trinajstić information content (AvgIpc) is 2.79. The highest BCUT2D eigenvalue weighted by Crippen LogP contribution is 2.31. The van der Waals surface area contributed by atoms with Crippen LogP contribution < -0.4 is 15.0 Å². The predicted octanol–water partition coefficient (Wildman–Crippen LogP) is 3.79. The zero-order chi connectivity index (χ0) is 20.8. The van der Waals surface area contributed by atoms with E-state index in [1.54, 1.807) is 0 Å². The highest BCUT2D eigenvalue weighted by atomic mass is 16.5. The molecule has 0 bridgehead atoms. The Hall–Kier alpha value is -2.53. The van der Waals surface area contributed by atoms with Crippen LogP contribution in [0.2, 0.25) is 0 Å². The average molecular weight is 408 g/mol. The summed E-state index contributed by atoms with van der Waals surface area (Å²) in [7, 11) is 2.17. The molecule has 1 atom stereocenters. The number of carbonyl (C=O) groups is 1. The zero-order valence-corrected chi connectivity index (χ0v) is 18.0. The van der Waals surface area contributed by atoms with Crippen LogP contribution in [0.25, 0.3) is 0 Å². The normalized spacial score (nSPS) is 17.8. The summed E-state index contributed by atoms with van der Waals surface area (Å²) in [6.07, 6.45) is 6.10. The minimum atomic E-state index is -0.0708. The number of ether oxygens (including phenoxy) is 1. The first-order valence-corrected chi connectivity index (χ1v) is 11.2. The van der Waals surface area contributed by atoms with Gasteiger partial charge in [-0.05, 0) is 68.1 Å². The van der Waals surface area contributed by atoms with Gasteiger partial charge < -0.3 is 15.0 Å². The molecule has 2 heterocycles. The highest BCUT2D eigenvalue weighted by molar-refractivity contribution is 5.77. The monoisotopic (exact) mass is 407 g/mol. The first-order valence-electron chi connectivity index (χ1n) is 11.2. The maximum atomic E-state index is 12.4. The molecule has 160 valence electrons. The summed E-state index contributed by atoms with van der Waals surface area (Å²) in [6, 6.07) is 16.6. The van der Waals surface area contributed by atoms with Crippen molar-refractivity contribution in [2.75, 3.05) is 44.7 Å². The summed E-state index contributed by atoms with van der Waals surface area (Å²) in [4.78, 5) is 17.3. The molecule has 4 rings (SSSR count). The van der Waals surface area contributed by atoms with E-state index in [1.807, 2.05) is 30.3 Å². The van der Waals surface area contributed by atoms with E-state index >= 15 is 0 Å². The van der Waals surface area contributed by atoms with Gasteiger partial charge in [-0.3, -0.25) is 9.69 Å². The van der Waals surface area contributed by atoms with E-state index < -0.39 is 0 Å². The van der Waals surface area contributed by atoms with Gasteiger partial charge in [-0.1, -0.05) is 36.8 Å². The minimum Gasteiger partial charge on any atom is -0.484 e. The summed E-state index contributed by atoms with van der Waals surface area (Å²) in [5.41, 5.74) is 4.10. The number of piperidine rings is 1. The second-order valence-corrected chi connectivity index (χ2v) is 8.43. The number of anilines is 1. The molecule has 1 fully saturated rings. The van der Waals surface area contributed by atoms with Crippen molar-refractivity contribution in [2.45, 2.75) is 38.1 Å². The van der Waals surface area contributed by atoms with Crippen molar-refractivity contribution in [3.63, 3.8) is 0 Å². The number of likely N-dealkylation sites (tertiary alicyclic amines) is 1. The molecular formula is C25H33N3O2. The molecule has 5 nitrogen and oxygen atoms in total. The SMILES string of the molecule is CN1CCCc2cc([C@@H](CNC(=O)COc3ccccc3)N3CCCCC3)ccc21. The maximum Gasteiger partial charge on any atom is 0.258 e. The third-order valence-electron chi connectivity index (χ3n) is 6.28. The Morgan fingerprint density at radius 1 is 1.03 bits per heavy atom. The van der Waals surface area contributed by atoms with E-state index in [2.05, 4.69) is 40.4 Å². The van der Waals surface area contributed by atoms with Gasteiger partial charge in [0.05, 0.1) is 6.04 Å². The number of aryl methyl sites for hydroxylation is 1. The second kappa shape index (κ2) is 9.98. The molecule has 0 aliphatic carbocycles. The summed E-state index contributed by atoms with van der Waals surface area (Å²) in [5.74, 6) is 0.651. The van der Waals surface area contributed by atoms with Crippen LogP contribution in [0.5, 0.6) is 5.75 Å². The molecule has 1 N–H and O–H groups in total. The fourth-order valence-electron chi connectivity index (χ4n) is 4.63. The van der Waals surface area contributed by atoms with Crippen LogP contribution in [0.3, 0.4) is 0 Å². The largest absolute Gasteiger partial charge is 0.484 e. The quantitative estimate of drug-likeness (QED) is 0.759. The van der Waals surface area contributed by atoms with Crippen molar-refractivity contribution < 1.29 is 9.53 Å². The number of nitrogens with zero attached hydrogens (tertiary/aromatic N) is 2. The number of nitrogens with one attached hydrogen (secondary N) is 1. The van der Waals surface area contributed by atoms with Crippen molar-refractivity contribution in [3.05, 3.63) is 59.7 Å². The van der Waals surface area contributed by atoms with E-state index in [1.165, 1.54) is 42.5 Å². The van der Waals surface area contributed by atoms with Gasteiger partial charge in [-0.15, -0.1) is 0 Å². The molecule has 2 aromatic rings. The number of para-hydroxylation sites is 1. The molecule has 2 aromatic carbocycles. The van der Waals surface area contributed by atoms with Gasteiger partial charge in [0.1, 0.15) is 5.75 Å². The molecule has 1 saturated heterocycles. The number of hydrogen-bond acceptors (Lipinski definition) is 4. The van der Waals surface area contributed by atoms with Crippen molar-refractivity contribution >= 4 is 11.6 Å². The number of amides is 1. The third-order valence-corrected chi connectivity index (χ3v) is 6.28. The van der Waals surface area contributed by atoms with E-state index in [0.29, 0.717) is 6.54 Å². The maximum absolute atomic E-state index is 12.4. The standard InChI is InChI=1S/C25H33N3O2/c1-27-14-8-9-20-17-21(12-13-23(20)27)24(28-15-6-3-7-16-28)18-26-25(29)19-30-22-10-4-2-5-11-22/h2,4-5,10-13,17,24H,3,6-9,14-16,18-19H2,1H3,(H,26,29)/t24-/m1/s1. The fourth-order valence-corrected chi connectivity index (χ4v) is 4.63. The van der Waals surface area contributed by atoms with E-state index in [4.69, 9.17) is 4.74 Å². The number of hydrogen-bond donors (Lipinski definition) is 1. The first-order chi connectivity index (χ1) is 14.7. The van der Waals surface area contributed by atoms with Crippen molar-refractivity contribution in [2.24, 2.45) is 0 Å². The molecule has 30 heavy (non-hydrogen) atoms. The molecule has 0 saturated carbocycles. The lowest BCUT2D eigenvalue weighted by Gasteiger charge is -2.36. The molecule has 2 aliphatic heterocycles. The Morgan fingerprint density at radius 2 is 1.83 bits per heavy atom. The number of benzene rings is 2. The van der Waals surface area contributed by atoms with Crippen LogP contribution in [0, 0.1) is 0 Å². The van der Waals surface area contributed by atoms with E-state index in [-0.39, 0.29) is 18.6 Å². The smallest absolute Gasteiger partial charge is 0.258 e. The Kier molecular flexibility index (Phi) is 6.90. The number of rotatable bonds is 7. The third kappa shape index (κ3) is 5.14. The van der Waals surface area contributed by atoms with Crippen LogP contribution in [0.4, 0.5) is 5.69 Å². The summed E-state index contributed by atoms with van der Waals surface area (Å²) < 4.78 is 5.61. The summed E-state index contributed by atoms with van der Waals surface area (Å²) >= 11 is 0. The van der Waals surface area contributed by atoms with Crippen LogP contribution in [0.15, 0.2) is 48.5 Å². The summed E-state index contributed by atoms with van der Waals surface area (Å²) in [6.45, 7) is 3.98. The Morgan fingerprint density at radius 3 is 2.63 bits per heavy atom. The molecule has 1 amide bonds. The van der Waals surface area contributed by atoms with Crippen LogP contribution in [-0.4, -0.2) is 50.6 Å². The lowest BCUT2D eigenvalue weighted by Crippen LogP contribution is -2.41. The molecule has 0 radical (unpaired) electrons. The lowest BCUT2D eigenvalue weighted by atomic mass is 9.95. The predicted molar refractivity (Wildman–Crippen MR) is 121 cm³/mol. The first kappa shape index (κ1) is 20.7. The van der Waals surface area contributed by atoms with Crippen molar-refractivity contribution in [3.8, 4) is 5.75 Å². The molecular weight excluding hydrogens is 374 g/mol. The van der Waals surface area contributed by atoms with Gasteiger partial charge in [0.25, 0.3) is 5.91 Å². The van der Waals surface area contributed by atoms with Gasteiger partial charge >= 0.3 is 0 Å². The Bertz CT molecular complexity index is 834. The number of carbonyl (C=O) groups excluding carboxylic acids is 1. The van der Waals surface area contributed by atoms with E-state index in [9.17, 15) is 4.79 Å². The van der Waals surface area contributed by atoms with Gasteiger partial charge in [-0.25, -0.2) is 0 Å². The molecule has 2 aliphatic rings. The summed E-state index contributed by atoms with van der Waals surface area (Å²) in [5, 5.41) is 3.12. The molecule has 0 aromatic heterocycles. The van der Waals surface area contributed by atoms with Gasteiger partial charge in [0.15, 0.2) is 6.61 Å². The van der Waals surface area contributed by atoms with Crippen molar-refractivity contribution in [1.29, 1.82) is 0 Å².